The zero-order valence-corrected chi connectivity index (χ0v) is 20.9. The fourth-order valence-electron chi connectivity index (χ4n) is 6.64. The number of ether oxygens (including phenoxy) is 3. The van der Waals surface area contributed by atoms with Crippen LogP contribution in [-0.2, 0) is 12.8 Å². The standard InChI is InChI=1S/C28H38N2O4/c1-5-17-16-30-11-9-19-14-25(33-3)26(34-4)15-21(19)23(30)13-20(17)12-22-27-18(8-10-29-22)6-7-24(32-2)28(27)31/h6-7,14-15,17,20,22-23,29,31H,5,8-13,16H2,1-4H3/t17-,20-,22+,23-/m0/s1. The molecule has 5 rings (SSSR count). The lowest BCUT2D eigenvalue weighted by molar-refractivity contribution is 0.0433. The van der Waals surface area contributed by atoms with Gasteiger partial charge in [0.15, 0.2) is 23.0 Å². The summed E-state index contributed by atoms with van der Waals surface area (Å²) >= 11 is 0. The Balaban J connectivity index is 1.44. The van der Waals surface area contributed by atoms with Crippen molar-refractivity contribution in [3.8, 4) is 23.0 Å². The largest absolute Gasteiger partial charge is 0.504 e. The number of hydrogen-bond donors (Lipinski definition) is 2. The maximum absolute atomic E-state index is 11.0. The summed E-state index contributed by atoms with van der Waals surface area (Å²) in [5.41, 5.74) is 5.06. The van der Waals surface area contributed by atoms with E-state index in [0.29, 0.717) is 29.4 Å². The van der Waals surface area contributed by atoms with Crippen molar-refractivity contribution in [2.24, 2.45) is 11.8 Å². The van der Waals surface area contributed by atoms with Gasteiger partial charge in [0, 0.05) is 30.7 Å². The van der Waals surface area contributed by atoms with Gasteiger partial charge in [0.2, 0.25) is 0 Å². The summed E-state index contributed by atoms with van der Waals surface area (Å²) in [4.78, 5) is 2.68. The van der Waals surface area contributed by atoms with Crippen LogP contribution < -0.4 is 19.5 Å². The molecule has 2 aromatic carbocycles. The first-order chi connectivity index (χ1) is 16.6. The fraction of sp³-hybridized carbons (Fsp3) is 0.571. The van der Waals surface area contributed by atoms with Crippen LogP contribution in [0.5, 0.6) is 23.0 Å². The third-order valence-electron chi connectivity index (χ3n) is 8.46. The highest BCUT2D eigenvalue weighted by Crippen LogP contribution is 2.48. The Kier molecular flexibility index (Phi) is 6.63. The molecule has 6 heteroatoms. The van der Waals surface area contributed by atoms with Crippen molar-refractivity contribution in [2.45, 2.75) is 51.1 Å². The molecule has 2 aromatic rings. The van der Waals surface area contributed by atoms with E-state index in [1.807, 2.05) is 6.07 Å². The lowest BCUT2D eigenvalue weighted by atomic mass is 9.72. The summed E-state index contributed by atoms with van der Waals surface area (Å²) in [5.74, 6) is 3.73. The van der Waals surface area contributed by atoms with Gasteiger partial charge in [-0.3, -0.25) is 4.90 Å². The number of phenols is 1. The lowest BCUT2D eigenvalue weighted by Crippen LogP contribution is -2.46. The van der Waals surface area contributed by atoms with Gasteiger partial charge in [0.1, 0.15) is 0 Å². The number of fused-ring (bicyclic) bond motifs is 4. The van der Waals surface area contributed by atoms with Crippen LogP contribution in [0, 0.1) is 11.8 Å². The highest BCUT2D eigenvalue weighted by atomic mass is 16.5. The van der Waals surface area contributed by atoms with E-state index >= 15 is 0 Å². The first kappa shape index (κ1) is 23.3. The molecule has 1 saturated heterocycles. The number of methoxy groups -OCH3 is 3. The van der Waals surface area contributed by atoms with Crippen LogP contribution in [0.15, 0.2) is 24.3 Å². The Morgan fingerprint density at radius 1 is 0.971 bits per heavy atom. The molecule has 0 aromatic heterocycles. The van der Waals surface area contributed by atoms with Crippen LogP contribution in [0.1, 0.15) is 60.5 Å². The van der Waals surface area contributed by atoms with Gasteiger partial charge in [-0.1, -0.05) is 19.4 Å². The van der Waals surface area contributed by atoms with Crippen molar-refractivity contribution < 1.29 is 19.3 Å². The van der Waals surface area contributed by atoms with E-state index in [1.165, 1.54) is 23.1 Å². The molecule has 0 radical (unpaired) electrons. The van der Waals surface area contributed by atoms with Crippen molar-refractivity contribution in [1.29, 1.82) is 0 Å². The van der Waals surface area contributed by atoms with E-state index in [1.54, 1.807) is 21.3 Å². The van der Waals surface area contributed by atoms with E-state index in [0.717, 1.165) is 62.4 Å². The Hall–Kier alpha value is -2.44. The normalized spacial score (nSPS) is 26.2. The van der Waals surface area contributed by atoms with Crippen LogP contribution in [0.4, 0.5) is 0 Å². The van der Waals surface area contributed by atoms with Gasteiger partial charge in [-0.05, 0) is 79.0 Å². The van der Waals surface area contributed by atoms with E-state index in [-0.39, 0.29) is 6.04 Å². The average Bonchev–Trinajstić information content (AvgIpc) is 2.87. The van der Waals surface area contributed by atoms with Crippen LogP contribution in [0.25, 0.3) is 0 Å². The zero-order chi connectivity index (χ0) is 23.8. The van der Waals surface area contributed by atoms with Gasteiger partial charge in [-0.2, -0.15) is 0 Å². The predicted octanol–water partition coefficient (Wildman–Crippen LogP) is 4.64. The molecule has 184 valence electrons. The van der Waals surface area contributed by atoms with Gasteiger partial charge >= 0.3 is 0 Å². The molecule has 3 heterocycles. The second-order valence-corrected chi connectivity index (χ2v) is 10.0. The second-order valence-electron chi connectivity index (χ2n) is 10.0. The number of nitrogens with zero attached hydrogens (tertiary/aromatic N) is 1. The van der Waals surface area contributed by atoms with E-state index in [4.69, 9.17) is 14.2 Å². The lowest BCUT2D eigenvalue weighted by Gasteiger charge is -2.48. The maximum atomic E-state index is 11.0. The molecule has 0 saturated carbocycles. The van der Waals surface area contributed by atoms with E-state index in [9.17, 15) is 5.11 Å². The van der Waals surface area contributed by atoms with Crippen LogP contribution in [0.3, 0.4) is 0 Å². The molecule has 3 aliphatic rings. The molecule has 0 amide bonds. The Labute approximate surface area is 203 Å². The third-order valence-corrected chi connectivity index (χ3v) is 8.46. The summed E-state index contributed by atoms with van der Waals surface area (Å²) in [6.45, 7) is 5.50. The number of nitrogens with one attached hydrogen (secondary N) is 1. The molecule has 0 bridgehead atoms. The number of aromatic hydroxyl groups is 1. The Morgan fingerprint density at radius 3 is 2.47 bits per heavy atom. The molecular formula is C28H38N2O4. The van der Waals surface area contributed by atoms with Crippen LogP contribution in [-0.4, -0.2) is 51.0 Å². The van der Waals surface area contributed by atoms with Crippen LogP contribution >= 0.6 is 0 Å². The second kappa shape index (κ2) is 9.67. The average molecular weight is 467 g/mol. The summed E-state index contributed by atoms with van der Waals surface area (Å²) < 4.78 is 16.7. The molecule has 34 heavy (non-hydrogen) atoms. The number of benzene rings is 2. The monoisotopic (exact) mass is 466 g/mol. The molecule has 1 fully saturated rings. The van der Waals surface area contributed by atoms with Crippen molar-refractivity contribution in [3.63, 3.8) is 0 Å². The summed E-state index contributed by atoms with van der Waals surface area (Å²) in [6, 6.07) is 8.95. The van der Waals surface area contributed by atoms with E-state index in [2.05, 4.69) is 35.3 Å². The van der Waals surface area contributed by atoms with Crippen molar-refractivity contribution in [3.05, 3.63) is 46.5 Å². The Morgan fingerprint density at radius 2 is 1.74 bits per heavy atom. The molecular weight excluding hydrogens is 428 g/mol. The molecule has 2 N–H and O–H groups in total. The summed E-state index contributed by atoms with van der Waals surface area (Å²) in [6.07, 6.45) is 5.32. The smallest absolute Gasteiger partial charge is 0.162 e. The fourth-order valence-corrected chi connectivity index (χ4v) is 6.64. The molecule has 0 aliphatic carbocycles. The Bertz CT molecular complexity index is 1040. The highest BCUT2D eigenvalue weighted by Gasteiger charge is 2.40. The molecule has 0 spiro atoms. The molecule has 0 unspecified atom stereocenters. The van der Waals surface area contributed by atoms with Gasteiger partial charge in [-0.15, -0.1) is 0 Å². The number of phenolic OH excluding ortho intramolecular Hbond substituents is 1. The molecule has 3 aliphatic heterocycles. The zero-order valence-electron chi connectivity index (χ0n) is 20.9. The van der Waals surface area contributed by atoms with Crippen molar-refractivity contribution in [2.75, 3.05) is 41.0 Å². The third kappa shape index (κ3) is 4.01. The number of hydrogen-bond acceptors (Lipinski definition) is 6. The van der Waals surface area contributed by atoms with Gasteiger partial charge in [0.25, 0.3) is 0 Å². The minimum atomic E-state index is 0.151. The van der Waals surface area contributed by atoms with Crippen molar-refractivity contribution >= 4 is 0 Å². The minimum absolute atomic E-state index is 0.151. The topological polar surface area (TPSA) is 63.2 Å². The number of piperidine rings is 1. The summed E-state index contributed by atoms with van der Waals surface area (Å²) in [5, 5.41) is 14.7. The van der Waals surface area contributed by atoms with E-state index < -0.39 is 0 Å². The predicted molar refractivity (Wildman–Crippen MR) is 133 cm³/mol. The van der Waals surface area contributed by atoms with Crippen molar-refractivity contribution in [1.82, 2.24) is 10.2 Å². The first-order valence-corrected chi connectivity index (χ1v) is 12.7. The maximum Gasteiger partial charge on any atom is 0.162 e. The highest BCUT2D eigenvalue weighted by molar-refractivity contribution is 5.52. The number of rotatable bonds is 6. The molecule has 6 nitrogen and oxygen atoms in total. The van der Waals surface area contributed by atoms with Gasteiger partial charge in [-0.25, -0.2) is 0 Å². The SMILES string of the molecule is CC[C@H]1CN2CCc3cc(OC)c(OC)cc3[C@@H]2C[C@@H]1C[C@H]1NCCc2ccc(OC)c(O)c21. The van der Waals surface area contributed by atoms with Gasteiger partial charge in [0.05, 0.1) is 21.3 Å². The van der Waals surface area contributed by atoms with Crippen LogP contribution in [0.2, 0.25) is 0 Å². The van der Waals surface area contributed by atoms with Gasteiger partial charge < -0.3 is 24.6 Å². The molecule has 4 atom stereocenters. The quantitative estimate of drug-likeness (QED) is 0.647. The first-order valence-electron chi connectivity index (χ1n) is 12.7. The minimum Gasteiger partial charge on any atom is -0.504 e. The summed E-state index contributed by atoms with van der Waals surface area (Å²) in [7, 11) is 5.05.